The van der Waals surface area contributed by atoms with Crippen molar-refractivity contribution in [2.45, 2.75) is 32.4 Å². The van der Waals surface area contributed by atoms with Crippen molar-refractivity contribution < 1.29 is 4.79 Å². The number of benzene rings is 1. The Morgan fingerprint density at radius 2 is 1.88 bits per heavy atom. The van der Waals surface area contributed by atoms with Crippen molar-refractivity contribution in [2.75, 3.05) is 38.2 Å². The van der Waals surface area contributed by atoms with Crippen molar-refractivity contribution in [2.24, 2.45) is 11.7 Å². The summed E-state index contributed by atoms with van der Waals surface area (Å²) < 4.78 is 0. The maximum atomic E-state index is 13.2. The van der Waals surface area contributed by atoms with Gasteiger partial charge in [-0.05, 0) is 17.9 Å². The fourth-order valence-corrected chi connectivity index (χ4v) is 3.91. The molecule has 1 saturated heterocycles. The van der Waals surface area contributed by atoms with Crippen molar-refractivity contribution in [3.05, 3.63) is 35.9 Å². The van der Waals surface area contributed by atoms with Crippen LogP contribution >= 0.6 is 11.8 Å². The first-order valence-electron chi connectivity index (χ1n) is 8.88. The van der Waals surface area contributed by atoms with Crippen LogP contribution in [0.2, 0.25) is 0 Å². The molecule has 0 radical (unpaired) electrons. The smallest absolute Gasteiger partial charge is 0.244 e. The van der Waals surface area contributed by atoms with E-state index in [1.165, 1.54) is 0 Å². The van der Waals surface area contributed by atoms with Gasteiger partial charge in [-0.25, -0.2) is 0 Å². The van der Waals surface area contributed by atoms with Crippen molar-refractivity contribution in [1.82, 2.24) is 9.80 Å². The van der Waals surface area contributed by atoms with E-state index in [1.807, 2.05) is 41.9 Å². The molecule has 5 heteroatoms. The Morgan fingerprint density at radius 1 is 1.25 bits per heavy atom. The second kappa shape index (κ2) is 9.44. The lowest BCUT2D eigenvalue weighted by Crippen LogP contribution is -2.45. The molecule has 0 bridgehead atoms. The minimum atomic E-state index is -0.174. The molecule has 0 aromatic heterocycles. The van der Waals surface area contributed by atoms with Gasteiger partial charge in [0.1, 0.15) is 6.04 Å². The Kier molecular flexibility index (Phi) is 7.59. The van der Waals surface area contributed by atoms with Gasteiger partial charge in [0.25, 0.3) is 0 Å². The number of nitrogens with zero attached hydrogens (tertiary/aromatic N) is 2. The summed E-state index contributed by atoms with van der Waals surface area (Å²) in [5.41, 5.74) is 7.24. The van der Waals surface area contributed by atoms with Gasteiger partial charge in [-0.2, -0.15) is 11.8 Å². The van der Waals surface area contributed by atoms with Gasteiger partial charge in [-0.1, -0.05) is 44.2 Å². The molecular formula is C19H31N3OS. The molecule has 1 fully saturated rings. The van der Waals surface area contributed by atoms with Gasteiger partial charge in [0.2, 0.25) is 5.91 Å². The van der Waals surface area contributed by atoms with Crippen molar-refractivity contribution in [3.63, 3.8) is 0 Å². The Labute approximate surface area is 150 Å². The van der Waals surface area contributed by atoms with Gasteiger partial charge in [0.05, 0.1) is 0 Å². The normalized spacial score (nSPS) is 18.4. The highest BCUT2D eigenvalue weighted by atomic mass is 32.2. The maximum absolute atomic E-state index is 13.2. The molecule has 0 spiro atoms. The van der Waals surface area contributed by atoms with Crippen LogP contribution in [0.25, 0.3) is 0 Å². The van der Waals surface area contributed by atoms with E-state index in [-0.39, 0.29) is 18.0 Å². The molecule has 1 aliphatic heterocycles. The SMILES string of the molecule is CC(C)C(N)CCN(C)C(=O)C(c1ccccc1)N1CCSCC1. The third kappa shape index (κ3) is 5.23. The van der Waals surface area contributed by atoms with Crippen LogP contribution in [0, 0.1) is 5.92 Å². The van der Waals surface area contributed by atoms with Crippen LogP contribution < -0.4 is 5.73 Å². The molecule has 2 unspecified atom stereocenters. The highest BCUT2D eigenvalue weighted by molar-refractivity contribution is 7.99. The van der Waals surface area contributed by atoms with Gasteiger partial charge >= 0.3 is 0 Å². The highest BCUT2D eigenvalue weighted by Crippen LogP contribution is 2.26. The van der Waals surface area contributed by atoms with Crippen molar-refractivity contribution >= 4 is 17.7 Å². The predicted octanol–water partition coefficient (Wildman–Crippen LogP) is 2.61. The Balaban J connectivity index is 2.09. The summed E-state index contributed by atoms with van der Waals surface area (Å²) in [5.74, 6) is 2.82. The fraction of sp³-hybridized carbons (Fsp3) is 0.632. The zero-order valence-electron chi connectivity index (χ0n) is 15.1. The summed E-state index contributed by atoms with van der Waals surface area (Å²) >= 11 is 1.97. The topological polar surface area (TPSA) is 49.6 Å². The molecule has 1 aromatic rings. The van der Waals surface area contributed by atoms with E-state index in [2.05, 4.69) is 30.9 Å². The number of thioether (sulfide) groups is 1. The van der Waals surface area contributed by atoms with Crippen LogP contribution in [0.5, 0.6) is 0 Å². The highest BCUT2D eigenvalue weighted by Gasteiger charge is 2.31. The number of carbonyl (C=O) groups is 1. The number of rotatable bonds is 7. The number of hydrogen-bond acceptors (Lipinski definition) is 4. The molecule has 24 heavy (non-hydrogen) atoms. The number of likely N-dealkylation sites (N-methyl/N-ethyl adjacent to an activating group) is 1. The molecule has 4 nitrogen and oxygen atoms in total. The van der Waals surface area contributed by atoms with Crippen LogP contribution in [-0.2, 0) is 4.79 Å². The lowest BCUT2D eigenvalue weighted by atomic mass is 10.0. The molecular weight excluding hydrogens is 318 g/mol. The van der Waals surface area contributed by atoms with Gasteiger partial charge < -0.3 is 10.6 Å². The zero-order chi connectivity index (χ0) is 17.5. The fourth-order valence-electron chi connectivity index (χ4n) is 2.98. The Morgan fingerprint density at radius 3 is 2.46 bits per heavy atom. The molecule has 1 amide bonds. The lowest BCUT2D eigenvalue weighted by Gasteiger charge is -2.36. The predicted molar refractivity (Wildman–Crippen MR) is 103 cm³/mol. The molecule has 2 atom stereocenters. The van der Waals surface area contributed by atoms with Gasteiger partial charge in [-0.15, -0.1) is 0 Å². The van der Waals surface area contributed by atoms with Crippen LogP contribution in [0.3, 0.4) is 0 Å². The van der Waals surface area contributed by atoms with E-state index < -0.39 is 0 Å². The van der Waals surface area contributed by atoms with E-state index in [0.29, 0.717) is 12.5 Å². The molecule has 0 saturated carbocycles. The summed E-state index contributed by atoms with van der Waals surface area (Å²) in [6.07, 6.45) is 0.845. The average molecular weight is 350 g/mol. The summed E-state index contributed by atoms with van der Waals surface area (Å²) in [6, 6.07) is 10.1. The van der Waals surface area contributed by atoms with E-state index in [0.717, 1.165) is 36.6 Å². The summed E-state index contributed by atoms with van der Waals surface area (Å²) in [5, 5.41) is 0. The van der Waals surface area contributed by atoms with Crippen molar-refractivity contribution in [1.29, 1.82) is 0 Å². The monoisotopic (exact) mass is 349 g/mol. The molecule has 134 valence electrons. The standard InChI is InChI=1S/C19H31N3OS/c1-15(2)17(20)9-10-21(3)19(23)18(16-7-5-4-6-8-16)22-11-13-24-14-12-22/h4-8,15,17-18H,9-14,20H2,1-3H3. The van der Waals surface area contributed by atoms with E-state index in [9.17, 15) is 4.79 Å². The first-order valence-corrected chi connectivity index (χ1v) is 10.0. The lowest BCUT2D eigenvalue weighted by molar-refractivity contribution is -0.136. The minimum Gasteiger partial charge on any atom is -0.344 e. The zero-order valence-corrected chi connectivity index (χ0v) is 16.0. The minimum absolute atomic E-state index is 0.141. The van der Waals surface area contributed by atoms with Crippen LogP contribution in [0.4, 0.5) is 0 Å². The molecule has 2 N–H and O–H groups in total. The number of hydrogen-bond donors (Lipinski definition) is 1. The Bertz CT molecular complexity index is 503. The summed E-state index contributed by atoms with van der Waals surface area (Å²) in [7, 11) is 1.91. The van der Waals surface area contributed by atoms with Gasteiger partial charge in [0.15, 0.2) is 0 Å². The second-order valence-electron chi connectivity index (χ2n) is 6.92. The Hall–Kier alpha value is -1.04. The van der Waals surface area contributed by atoms with E-state index in [1.54, 1.807) is 0 Å². The molecule has 0 aliphatic carbocycles. The number of amides is 1. The largest absolute Gasteiger partial charge is 0.344 e. The average Bonchev–Trinajstić information content (AvgIpc) is 2.61. The van der Waals surface area contributed by atoms with Crippen LogP contribution in [0.15, 0.2) is 30.3 Å². The third-order valence-corrected chi connectivity index (χ3v) is 5.73. The maximum Gasteiger partial charge on any atom is 0.244 e. The van der Waals surface area contributed by atoms with E-state index in [4.69, 9.17) is 5.73 Å². The molecule has 1 heterocycles. The van der Waals surface area contributed by atoms with Gasteiger partial charge in [0, 0.05) is 44.2 Å². The van der Waals surface area contributed by atoms with Crippen molar-refractivity contribution in [3.8, 4) is 0 Å². The molecule has 1 aliphatic rings. The summed E-state index contributed by atoms with van der Waals surface area (Å²) in [6.45, 7) is 6.91. The summed E-state index contributed by atoms with van der Waals surface area (Å²) in [4.78, 5) is 17.4. The van der Waals surface area contributed by atoms with Crippen LogP contribution in [-0.4, -0.2) is 59.9 Å². The molecule has 2 rings (SSSR count). The molecule has 1 aromatic carbocycles. The third-order valence-electron chi connectivity index (χ3n) is 4.79. The van der Waals surface area contributed by atoms with Crippen LogP contribution in [0.1, 0.15) is 31.9 Å². The quantitative estimate of drug-likeness (QED) is 0.822. The first-order chi connectivity index (χ1) is 11.5. The van der Waals surface area contributed by atoms with Gasteiger partial charge in [-0.3, -0.25) is 9.69 Å². The second-order valence-corrected chi connectivity index (χ2v) is 8.14. The van der Waals surface area contributed by atoms with E-state index >= 15 is 0 Å². The first kappa shape index (κ1) is 19.3. The number of nitrogens with two attached hydrogens (primary N) is 1. The number of carbonyl (C=O) groups excluding carboxylic acids is 1.